The fourth-order valence-electron chi connectivity index (χ4n) is 1.11. The molecule has 0 aromatic rings. The van der Waals surface area contributed by atoms with Crippen LogP contribution in [0.3, 0.4) is 0 Å². The molecule has 0 aliphatic carbocycles. The van der Waals surface area contributed by atoms with E-state index in [9.17, 15) is 4.79 Å². The van der Waals surface area contributed by atoms with Crippen molar-refractivity contribution >= 4 is 18.3 Å². The Kier molecular flexibility index (Phi) is 13.9. The van der Waals surface area contributed by atoms with Gasteiger partial charge < -0.3 is 25.3 Å². The first-order chi connectivity index (χ1) is 8.93. The van der Waals surface area contributed by atoms with Crippen molar-refractivity contribution in [1.82, 2.24) is 0 Å². The van der Waals surface area contributed by atoms with Gasteiger partial charge in [0.2, 0.25) is 0 Å². The van der Waals surface area contributed by atoms with E-state index in [1.165, 1.54) is 0 Å². The molecular weight excluding hydrogens is 276 g/mol. The second-order valence-corrected chi connectivity index (χ2v) is 4.36. The minimum Gasteiger partial charge on any atom is -0.450 e. The maximum atomic E-state index is 11.1. The third-order valence-electron chi connectivity index (χ3n) is 2.56. The predicted octanol–water partition coefficient (Wildman–Crippen LogP) is 2.91. The van der Waals surface area contributed by atoms with Gasteiger partial charge in [-0.15, -0.1) is 0 Å². The number of hydrogen-bond donors (Lipinski definition) is 5. The minimum absolute atomic E-state index is 0.224. The molecule has 0 aliphatic heterocycles. The maximum Gasteiger partial charge on any atom is 0.503 e. The lowest BCUT2D eigenvalue weighted by atomic mass is 9.78. The van der Waals surface area contributed by atoms with Crippen LogP contribution in [0.2, 0.25) is 0 Å². The van der Waals surface area contributed by atoms with Crippen LogP contribution in [0.4, 0.5) is 9.59 Å². The van der Waals surface area contributed by atoms with E-state index in [0.29, 0.717) is 0 Å². The first kappa shape index (κ1) is 23.1. The Morgan fingerprint density at radius 1 is 1.05 bits per heavy atom. The van der Waals surface area contributed by atoms with Gasteiger partial charge in [0.25, 0.3) is 0 Å². The molecule has 20 heavy (non-hydrogen) atoms. The molecule has 9 nitrogen and oxygen atoms in total. The molecule has 0 spiro atoms. The van der Waals surface area contributed by atoms with Crippen LogP contribution < -0.4 is 0 Å². The fourth-order valence-corrected chi connectivity index (χ4v) is 1.11. The molecule has 0 saturated heterocycles. The standard InChI is InChI=1S/C9H18O3.2CH2O3/c1-5-6-7(2)9(3,4)8(10)12-11;2*2-1(3)4/h7,11H,5-6H2,1-4H3;2*(H2,2,3,4). The van der Waals surface area contributed by atoms with Crippen molar-refractivity contribution in [3.8, 4) is 0 Å². The van der Waals surface area contributed by atoms with Gasteiger partial charge >= 0.3 is 18.3 Å². The molecule has 0 heterocycles. The summed E-state index contributed by atoms with van der Waals surface area (Å²) in [5.41, 5.74) is -0.592. The monoisotopic (exact) mass is 298 g/mol. The van der Waals surface area contributed by atoms with Gasteiger partial charge in [-0.25, -0.2) is 14.4 Å². The molecule has 5 N–H and O–H groups in total. The first-order valence-electron chi connectivity index (χ1n) is 5.62. The van der Waals surface area contributed by atoms with Crippen LogP contribution in [0, 0.1) is 11.3 Å². The molecule has 0 rings (SSSR count). The van der Waals surface area contributed by atoms with E-state index in [0.717, 1.165) is 12.8 Å². The SMILES string of the molecule is CCCC(C)C(C)(C)C(=O)OO.O=C(O)O.O=C(O)O. The second kappa shape index (κ2) is 12.0. The van der Waals surface area contributed by atoms with Crippen LogP contribution in [-0.4, -0.2) is 44.0 Å². The molecule has 0 fully saturated rings. The van der Waals surface area contributed by atoms with Gasteiger partial charge in [-0.3, -0.25) is 0 Å². The molecule has 0 bridgehead atoms. The molecule has 0 radical (unpaired) electrons. The normalized spacial score (nSPS) is 10.8. The number of rotatable bonds is 4. The summed E-state index contributed by atoms with van der Waals surface area (Å²) in [7, 11) is 0. The Morgan fingerprint density at radius 3 is 1.55 bits per heavy atom. The molecule has 0 amide bonds. The lowest BCUT2D eigenvalue weighted by Crippen LogP contribution is -2.32. The highest BCUT2D eigenvalue weighted by molar-refractivity contribution is 5.75. The number of carbonyl (C=O) groups excluding carboxylic acids is 1. The summed E-state index contributed by atoms with van der Waals surface area (Å²) in [5.74, 6) is -0.328. The van der Waals surface area contributed by atoms with Gasteiger partial charge in [0, 0.05) is 0 Å². The van der Waals surface area contributed by atoms with Crippen molar-refractivity contribution in [2.75, 3.05) is 0 Å². The Balaban J connectivity index is -0.000000297. The third kappa shape index (κ3) is 16.0. The summed E-state index contributed by atoms with van der Waals surface area (Å²) in [6.07, 6.45) is -1.68. The highest BCUT2D eigenvalue weighted by Crippen LogP contribution is 2.30. The predicted molar refractivity (Wildman–Crippen MR) is 67.9 cm³/mol. The molecule has 9 heteroatoms. The van der Waals surface area contributed by atoms with E-state index in [2.05, 4.69) is 11.8 Å². The summed E-state index contributed by atoms with van der Waals surface area (Å²) in [4.78, 5) is 31.9. The van der Waals surface area contributed by atoms with Gasteiger partial charge in [-0.2, -0.15) is 5.26 Å². The first-order valence-corrected chi connectivity index (χ1v) is 5.62. The van der Waals surface area contributed by atoms with Crippen LogP contribution in [0.15, 0.2) is 0 Å². The minimum atomic E-state index is -1.83. The van der Waals surface area contributed by atoms with Gasteiger partial charge in [0.05, 0.1) is 5.41 Å². The largest absolute Gasteiger partial charge is 0.503 e. The van der Waals surface area contributed by atoms with E-state index in [-0.39, 0.29) is 5.92 Å². The molecule has 1 atom stereocenters. The second-order valence-electron chi connectivity index (χ2n) is 4.36. The van der Waals surface area contributed by atoms with Crippen molar-refractivity contribution in [2.24, 2.45) is 11.3 Å². The Bertz CT molecular complexity index is 278. The zero-order valence-electron chi connectivity index (χ0n) is 11.9. The van der Waals surface area contributed by atoms with Gasteiger partial charge in [0.15, 0.2) is 0 Å². The lowest BCUT2D eigenvalue weighted by Gasteiger charge is -2.27. The number of carbonyl (C=O) groups is 3. The summed E-state index contributed by atoms with van der Waals surface area (Å²) in [6, 6.07) is 0. The topological polar surface area (TPSA) is 162 Å². The van der Waals surface area contributed by atoms with Crippen molar-refractivity contribution in [2.45, 2.75) is 40.5 Å². The molecule has 0 aromatic heterocycles. The van der Waals surface area contributed by atoms with Gasteiger partial charge in [0.1, 0.15) is 0 Å². The van der Waals surface area contributed by atoms with Crippen LogP contribution in [0.1, 0.15) is 40.5 Å². The molecule has 0 aliphatic rings. The number of carboxylic acid groups (broad SMARTS) is 4. The maximum absolute atomic E-state index is 11.1. The molecule has 120 valence electrons. The van der Waals surface area contributed by atoms with E-state index >= 15 is 0 Å². The summed E-state index contributed by atoms with van der Waals surface area (Å²) < 4.78 is 0. The highest BCUT2D eigenvalue weighted by Gasteiger charge is 2.35. The summed E-state index contributed by atoms with van der Waals surface area (Å²) in [6.45, 7) is 7.62. The Labute approximate surface area is 116 Å². The molecule has 0 saturated carbocycles. The summed E-state index contributed by atoms with van der Waals surface area (Å²) in [5, 5.41) is 36.1. The highest BCUT2D eigenvalue weighted by atomic mass is 17.1. The number of hydrogen-bond acceptors (Lipinski definition) is 5. The van der Waals surface area contributed by atoms with Crippen molar-refractivity contribution in [3.05, 3.63) is 0 Å². The zero-order valence-corrected chi connectivity index (χ0v) is 11.9. The smallest absolute Gasteiger partial charge is 0.450 e. The average Bonchev–Trinajstić information content (AvgIpc) is 2.26. The van der Waals surface area contributed by atoms with Crippen LogP contribution in [0.25, 0.3) is 0 Å². The summed E-state index contributed by atoms with van der Waals surface area (Å²) >= 11 is 0. The Morgan fingerprint density at radius 2 is 1.35 bits per heavy atom. The quantitative estimate of drug-likeness (QED) is 0.388. The van der Waals surface area contributed by atoms with Crippen molar-refractivity contribution < 1.29 is 45.0 Å². The Hall–Kier alpha value is -2.03. The van der Waals surface area contributed by atoms with Crippen LogP contribution >= 0.6 is 0 Å². The van der Waals surface area contributed by atoms with E-state index in [4.69, 9.17) is 35.3 Å². The van der Waals surface area contributed by atoms with Crippen molar-refractivity contribution in [3.63, 3.8) is 0 Å². The van der Waals surface area contributed by atoms with E-state index < -0.39 is 23.7 Å². The fraction of sp³-hybridized carbons (Fsp3) is 0.727. The van der Waals surface area contributed by atoms with Crippen LogP contribution in [0.5, 0.6) is 0 Å². The van der Waals surface area contributed by atoms with E-state index in [1.54, 1.807) is 13.8 Å². The molecular formula is C11H22O9. The third-order valence-corrected chi connectivity index (χ3v) is 2.56. The van der Waals surface area contributed by atoms with Gasteiger partial charge in [-0.05, 0) is 26.2 Å². The average molecular weight is 298 g/mol. The lowest BCUT2D eigenvalue weighted by molar-refractivity contribution is -0.246. The van der Waals surface area contributed by atoms with E-state index in [1.807, 2.05) is 6.92 Å². The van der Waals surface area contributed by atoms with Crippen molar-refractivity contribution in [1.29, 1.82) is 0 Å². The molecule has 1 unspecified atom stereocenters. The molecule has 0 aromatic carbocycles. The van der Waals surface area contributed by atoms with Crippen LogP contribution in [-0.2, 0) is 9.68 Å². The van der Waals surface area contributed by atoms with Gasteiger partial charge in [-0.1, -0.05) is 20.3 Å². The zero-order chi connectivity index (χ0) is 16.9.